The quantitative estimate of drug-likeness (QED) is 0.171. The van der Waals surface area contributed by atoms with Crippen LogP contribution in [0.4, 0.5) is 17.1 Å². The van der Waals surface area contributed by atoms with Crippen molar-refractivity contribution in [2.24, 2.45) is 4.99 Å². The van der Waals surface area contributed by atoms with Gasteiger partial charge in [0.15, 0.2) is 0 Å². The van der Waals surface area contributed by atoms with Crippen molar-refractivity contribution in [3.63, 3.8) is 0 Å². The van der Waals surface area contributed by atoms with Gasteiger partial charge in [0.25, 0.3) is 0 Å². The maximum absolute atomic E-state index is 4.71. The van der Waals surface area contributed by atoms with Crippen LogP contribution in [0.2, 0.25) is 0 Å². The van der Waals surface area contributed by atoms with E-state index >= 15 is 0 Å². The molecule has 1 aromatic heterocycles. The Labute approximate surface area is 320 Å². The SMILES string of the molecule is CN1C=CC=NC1c1cccc(-c2ccc(N(c3ccccc3)c3ccc4sc5ccc(-c6ccc7c(c6)C(C)(C)c6ccccc6-7)cc5c4c3)cc2)c1. The predicted octanol–water partition coefficient (Wildman–Crippen LogP) is 13.7. The van der Waals surface area contributed by atoms with E-state index < -0.39 is 0 Å². The zero-order valence-corrected chi connectivity index (χ0v) is 31.4. The summed E-state index contributed by atoms with van der Waals surface area (Å²) in [4.78, 5) is 9.22. The van der Waals surface area contributed by atoms with E-state index in [-0.39, 0.29) is 11.6 Å². The zero-order chi connectivity index (χ0) is 36.4. The molecule has 2 heterocycles. The molecule has 2 aliphatic rings. The Bertz CT molecular complexity index is 2770. The number of allylic oxidation sites excluding steroid dienone is 1. The second-order valence-electron chi connectivity index (χ2n) is 14.9. The fraction of sp³-hybridized carbons (Fsp3) is 0.100. The second kappa shape index (κ2) is 12.7. The minimum absolute atomic E-state index is 0.0135. The normalized spacial score (nSPS) is 15.5. The van der Waals surface area contributed by atoms with Gasteiger partial charge in [-0.25, -0.2) is 0 Å². The third-order valence-corrected chi connectivity index (χ3v) is 12.5. The molecule has 1 unspecified atom stereocenters. The summed E-state index contributed by atoms with van der Waals surface area (Å²) in [5.41, 5.74) is 14.9. The molecule has 0 spiro atoms. The number of thiophene rings is 1. The smallest absolute Gasteiger partial charge is 0.146 e. The molecule has 0 N–H and O–H groups in total. The van der Waals surface area contributed by atoms with Crippen LogP contribution in [0, 0.1) is 0 Å². The monoisotopic (exact) mass is 713 g/mol. The van der Waals surface area contributed by atoms with Crippen LogP contribution in [0.15, 0.2) is 175 Å². The van der Waals surface area contributed by atoms with E-state index in [1.807, 2.05) is 23.6 Å². The van der Waals surface area contributed by atoms with Gasteiger partial charge >= 0.3 is 0 Å². The Morgan fingerprint density at radius 2 is 1.20 bits per heavy atom. The number of aliphatic imine (C=N–C) groups is 1. The molecule has 0 radical (unpaired) electrons. The second-order valence-corrected chi connectivity index (χ2v) is 16.0. The Kier molecular flexibility index (Phi) is 7.64. The van der Waals surface area contributed by atoms with E-state index in [4.69, 9.17) is 4.99 Å². The molecule has 260 valence electrons. The van der Waals surface area contributed by atoms with Gasteiger partial charge in [-0.05, 0) is 123 Å². The molecule has 1 atom stereocenters. The first kappa shape index (κ1) is 32.4. The highest BCUT2D eigenvalue weighted by atomic mass is 32.1. The Balaban J connectivity index is 1.02. The van der Waals surface area contributed by atoms with E-state index in [0.29, 0.717) is 0 Å². The highest BCUT2D eigenvalue weighted by Crippen LogP contribution is 2.50. The average molecular weight is 714 g/mol. The molecule has 8 aromatic rings. The van der Waals surface area contributed by atoms with Crippen LogP contribution in [0.25, 0.3) is 53.6 Å². The largest absolute Gasteiger partial charge is 0.355 e. The molecule has 0 saturated heterocycles. The van der Waals surface area contributed by atoms with Crippen molar-refractivity contribution in [2.75, 3.05) is 11.9 Å². The lowest BCUT2D eigenvalue weighted by molar-refractivity contribution is 0.345. The van der Waals surface area contributed by atoms with E-state index in [1.165, 1.54) is 70.2 Å². The molecule has 3 nitrogen and oxygen atoms in total. The summed E-state index contributed by atoms with van der Waals surface area (Å²) in [7, 11) is 2.07. The van der Waals surface area contributed by atoms with Gasteiger partial charge in [0.2, 0.25) is 0 Å². The first-order chi connectivity index (χ1) is 26.4. The molecule has 0 fully saturated rings. The van der Waals surface area contributed by atoms with Gasteiger partial charge in [-0.15, -0.1) is 11.3 Å². The first-order valence-electron chi connectivity index (χ1n) is 18.6. The summed E-state index contributed by atoms with van der Waals surface area (Å²) < 4.78 is 2.60. The van der Waals surface area contributed by atoms with Crippen molar-refractivity contribution in [3.8, 4) is 33.4 Å². The fourth-order valence-electron chi connectivity index (χ4n) is 8.49. The minimum Gasteiger partial charge on any atom is -0.355 e. The lowest BCUT2D eigenvalue weighted by Gasteiger charge is -2.26. The third-order valence-electron chi connectivity index (χ3n) is 11.3. The summed E-state index contributed by atoms with van der Waals surface area (Å²) in [6, 6.07) is 58.2. The van der Waals surface area contributed by atoms with Gasteiger partial charge in [0.05, 0.1) is 0 Å². The molecular formula is C50H39N3S. The summed E-state index contributed by atoms with van der Waals surface area (Å²) in [5.74, 6) is 0. The lowest BCUT2D eigenvalue weighted by Crippen LogP contribution is -2.19. The standard InChI is InChI=1S/C50H39N3S/c1-50(2)45-16-8-7-15-41(45)42-24-19-36(31-46(42)50)35-20-25-47-43(30-35)44-32-40(23-26-48(44)54-47)53(38-13-5-4-6-14-38)39-21-17-33(18-22-39)34-11-9-12-37(29-34)49-51-27-10-28-52(49)3/h4-32,49H,1-3H3. The number of benzene rings is 7. The van der Waals surface area contributed by atoms with Gasteiger partial charge in [-0.3, -0.25) is 4.99 Å². The van der Waals surface area contributed by atoms with Crippen LogP contribution in [0.1, 0.15) is 36.7 Å². The van der Waals surface area contributed by atoms with Gasteiger partial charge in [0, 0.05) is 62.1 Å². The molecule has 1 aliphatic carbocycles. The Hall–Kier alpha value is -6.23. The maximum atomic E-state index is 4.71. The van der Waals surface area contributed by atoms with Gasteiger partial charge < -0.3 is 9.80 Å². The maximum Gasteiger partial charge on any atom is 0.146 e. The van der Waals surface area contributed by atoms with Crippen molar-refractivity contribution < 1.29 is 0 Å². The third kappa shape index (κ3) is 5.36. The van der Waals surface area contributed by atoms with Gasteiger partial charge in [0.1, 0.15) is 6.17 Å². The topological polar surface area (TPSA) is 18.8 Å². The predicted molar refractivity (Wildman–Crippen MR) is 231 cm³/mol. The zero-order valence-electron chi connectivity index (χ0n) is 30.6. The number of hydrogen-bond acceptors (Lipinski definition) is 4. The van der Waals surface area contributed by atoms with E-state index in [2.05, 4.69) is 195 Å². The van der Waals surface area contributed by atoms with Crippen molar-refractivity contribution >= 4 is 54.8 Å². The van der Waals surface area contributed by atoms with Gasteiger partial charge in [-0.1, -0.05) is 105 Å². The van der Waals surface area contributed by atoms with Gasteiger partial charge in [-0.2, -0.15) is 0 Å². The van der Waals surface area contributed by atoms with Crippen LogP contribution in [-0.2, 0) is 5.41 Å². The summed E-state index contributed by atoms with van der Waals surface area (Å²) in [6.07, 6.45) is 5.91. The summed E-state index contributed by atoms with van der Waals surface area (Å²) in [5, 5.41) is 2.58. The number of para-hydroxylation sites is 1. The number of hydrogen-bond donors (Lipinski definition) is 0. The van der Waals surface area contributed by atoms with Crippen molar-refractivity contribution in [1.82, 2.24) is 4.90 Å². The minimum atomic E-state index is -0.0297. The lowest BCUT2D eigenvalue weighted by atomic mass is 9.81. The van der Waals surface area contributed by atoms with Crippen LogP contribution in [-0.4, -0.2) is 18.2 Å². The van der Waals surface area contributed by atoms with Crippen molar-refractivity contribution in [1.29, 1.82) is 0 Å². The number of anilines is 3. The van der Waals surface area contributed by atoms with E-state index in [0.717, 1.165) is 17.1 Å². The molecule has 0 saturated carbocycles. The molecule has 54 heavy (non-hydrogen) atoms. The highest BCUT2D eigenvalue weighted by Gasteiger charge is 2.35. The Morgan fingerprint density at radius 1 is 0.556 bits per heavy atom. The first-order valence-corrected chi connectivity index (χ1v) is 19.4. The highest BCUT2D eigenvalue weighted by molar-refractivity contribution is 7.25. The van der Waals surface area contributed by atoms with Crippen LogP contribution >= 0.6 is 11.3 Å². The molecule has 7 aromatic carbocycles. The Morgan fingerprint density at radius 3 is 2.04 bits per heavy atom. The van der Waals surface area contributed by atoms with E-state index in [1.54, 1.807) is 0 Å². The molecule has 0 bridgehead atoms. The summed E-state index contributed by atoms with van der Waals surface area (Å²) >= 11 is 1.87. The number of fused-ring (bicyclic) bond motifs is 6. The number of nitrogens with zero attached hydrogens (tertiary/aromatic N) is 3. The number of rotatable bonds is 6. The fourth-order valence-corrected chi connectivity index (χ4v) is 9.55. The molecule has 10 rings (SSSR count). The summed E-state index contributed by atoms with van der Waals surface area (Å²) in [6.45, 7) is 4.71. The van der Waals surface area contributed by atoms with Crippen molar-refractivity contribution in [2.45, 2.75) is 25.4 Å². The molecular weight excluding hydrogens is 675 g/mol. The van der Waals surface area contributed by atoms with Crippen LogP contribution < -0.4 is 4.90 Å². The van der Waals surface area contributed by atoms with Crippen LogP contribution in [0.3, 0.4) is 0 Å². The van der Waals surface area contributed by atoms with Crippen molar-refractivity contribution in [3.05, 3.63) is 187 Å². The molecule has 4 heteroatoms. The van der Waals surface area contributed by atoms with E-state index in [9.17, 15) is 0 Å². The van der Waals surface area contributed by atoms with Crippen LogP contribution in [0.5, 0.6) is 0 Å². The molecule has 0 amide bonds. The molecule has 1 aliphatic heterocycles. The average Bonchev–Trinajstić information content (AvgIpc) is 3.69.